The van der Waals surface area contributed by atoms with E-state index in [4.69, 9.17) is 10.2 Å². The number of hydrogen-bond acceptors (Lipinski definition) is 2. The van der Waals surface area contributed by atoms with Crippen LogP contribution in [-0.4, -0.2) is 21.5 Å². The van der Waals surface area contributed by atoms with Crippen molar-refractivity contribution in [1.29, 1.82) is 0 Å². The second kappa shape index (κ2) is 6.18. The van der Waals surface area contributed by atoms with E-state index in [2.05, 4.69) is 37.4 Å². The van der Waals surface area contributed by atoms with E-state index in [1.807, 2.05) is 13.2 Å². The van der Waals surface area contributed by atoms with Crippen LogP contribution in [-0.2, 0) is 10.8 Å². The molecule has 0 heterocycles. The summed E-state index contributed by atoms with van der Waals surface area (Å²) in [5, 5.41) is 0. The number of hydrogen-bond donors (Lipinski definition) is 1. The molecule has 0 aromatic heterocycles. The predicted molar refractivity (Wildman–Crippen MR) is 72.0 cm³/mol. The Morgan fingerprint density at radius 2 is 1.88 bits per heavy atom. The van der Waals surface area contributed by atoms with Gasteiger partial charge in [-0.25, -0.2) is 0 Å². The molecule has 1 rings (SSSR count). The third kappa shape index (κ3) is 4.92. The predicted octanol–water partition coefficient (Wildman–Crippen LogP) is 2.80. The average Bonchev–Trinajstić information content (AvgIpc) is 2.28. The van der Waals surface area contributed by atoms with Crippen molar-refractivity contribution in [3.8, 4) is 0 Å². The van der Waals surface area contributed by atoms with Crippen LogP contribution in [0.15, 0.2) is 30.3 Å². The maximum atomic E-state index is 6.13. The molecule has 0 radical (unpaired) electrons. The van der Waals surface area contributed by atoms with Gasteiger partial charge in [0.25, 0.3) is 0 Å². The van der Waals surface area contributed by atoms with Gasteiger partial charge in [-0.1, -0.05) is 30.3 Å². The summed E-state index contributed by atoms with van der Waals surface area (Å²) in [5.41, 5.74) is 7.46. The van der Waals surface area contributed by atoms with E-state index in [1.54, 1.807) is 0 Å². The molecule has 2 nitrogen and oxygen atoms in total. The summed E-state index contributed by atoms with van der Waals surface area (Å²) in [6.45, 7) is 4.48. The van der Waals surface area contributed by atoms with Gasteiger partial charge in [0, 0.05) is 13.2 Å². The van der Waals surface area contributed by atoms with Gasteiger partial charge in [0.1, 0.15) is 0 Å². The minimum absolute atomic E-state index is 0.254. The van der Waals surface area contributed by atoms with Crippen LogP contribution in [0.2, 0.25) is 19.1 Å². The number of rotatable bonds is 6. The highest BCUT2D eigenvalue weighted by Gasteiger charge is 2.21. The lowest BCUT2D eigenvalue weighted by molar-refractivity contribution is 0.399. The molecule has 1 unspecified atom stereocenters. The topological polar surface area (TPSA) is 35.2 Å². The highest BCUT2D eigenvalue weighted by Crippen LogP contribution is 2.15. The fourth-order valence-corrected chi connectivity index (χ4v) is 2.92. The molecule has 3 heteroatoms. The fourth-order valence-electron chi connectivity index (χ4n) is 1.65. The SMILES string of the molecule is CO[Si](C)(C)CCC(N)Cc1ccccc1. The molecular formula is C13H23NOSi. The van der Waals surface area contributed by atoms with Gasteiger partial charge in [-0.3, -0.25) is 0 Å². The Bertz CT molecular complexity index is 300. The first-order valence-electron chi connectivity index (χ1n) is 5.88. The quantitative estimate of drug-likeness (QED) is 0.772. The van der Waals surface area contributed by atoms with Crippen molar-refractivity contribution in [3.05, 3.63) is 35.9 Å². The zero-order valence-electron chi connectivity index (χ0n) is 10.6. The van der Waals surface area contributed by atoms with Gasteiger partial charge in [0.15, 0.2) is 8.32 Å². The molecule has 0 bridgehead atoms. The third-order valence-corrected chi connectivity index (χ3v) is 5.61. The maximum absolute atomic E-state index is 6.13. The Hall–Kier alpha value is -0.643. The average molecular weight is 237 g/mol. The van der Waals surface area contributed by atoms with Crippen molar-refractivity contribution in [3.63, 3.8) is 0 Å². The number of nitrogens with two attached hydrogens (primary N) is 1. The summed E-state index contributed by atoms with van der Waals surface area (Å²) in [6.07, 6.45) is 2.02. The van der Waals surface area contributed by atoms with Crippen molar-refractivity contribution in [2.45, 2.75) is 38.0 Å². The van der Waals surface area contributed by atoms with Gasteiger partial charge in [-0.2, -0.15) is 0 Å². The minimum atomic E-state index is -1.44. The Labute approximate surface area is 99.9 Å². The lowest BCUT2D eigenvalue weighted by Crippen LogP contribution is -2.32. The largest absolute Gasteiger partial charge is 0.420 e. The Kier molecular flexibility index (Phi) is 5.18. The monoisotopic (exact) mass is 237 g/mol. The van der Waals surface area contributed by atoms with E-state index < -0.39 is 8.32 Å². The van der Waals surface area contributed by atoms with Gasteiger partial charge in [-0.05, 0) is 37.5 Å². The van der Waals surface area contributed by atoms with Crippen LogP contribution in [0, 0.1) is 0 Å². The molecule has 0 saturated carbocycles. The molecule has 0 aliphatic rings. The van der Waals surface area contributed by atoms with Crippen LogP contribution < -0.4 is 5.73 Å². The molecule has 1 aromatic carbocycles. The van der Waals surface area contributed by atoms with Gasteiger partial charge in [-0.15, -0.1) is 0 Å². The zero-order valence-corrected chi connectivity index (χ0v) is 11.6. The van der Waals surface area contributed by atoms with Crippen molar-refractivity contribution in [2.75, 3.05) is 7.11 Å². The summed E-state index contributed by atoms with van der Waals surface area (Å²) in [4.78, 5) is 0. The van der Waals surface area contributed by atoms with Crippen molar-refractivity contribution < 1.29 is 4.43 Å². The summed E-state index contributed by atoms with van der Waals surface area (Å²) >= 11 is 0. The molecule has 0 aliphatic carbocycles. The summed E-state index contributed by atoms with van der Waals surface area (Å²) in [5.74, 6) is 0. The fraction of sp³-hybridized carbons (Fsp3) is 0.538. The summed E-state index contributed by atoms with van der Waals surface area (Å²) in [7, 11) is 0.377. The van der Waals surface area contributed by atoms with E-state index in [9.17, 15) is 0 Å². The molecule has 16 heavy (non-hydrogen) atoms. The van der Waals surface area contributed by atoms with Gasteiger partial charge >= 0.3 is 0 Å². The van der Waals surface area contributed by atoms with E-state index in [1.165, 1.54) is 5.56 Å². The second-order valence-electron chi connectivity index (χ2n) is 4.95. The van der Waals surface area contributed by atoms with Gasteiger partial charge in [0.2, 0.25) is 0 Å². The molecular weight excluding hydrogens is 214 g/mol. The lowest BCUT2D eigenvalue weighted by atomic mass is 10.1. The van der Waals surface area contributed by atoms with E-state index >= 15 is 0 Å². The standard InChI is InChI=1S/C13H23NOSi/c1-15-16(2,3)10-9-13(14)11-12-7-5-4-6-8-12/h4-8,13H,9-11,14H2,1-3H3. The van der Waals surface area contributed by atoms with Crippen molar-refractivity contribution in [1.82, 2.24) is 0 Å². The molecule has 1 aromatic rings. The first-order valence-corrected chi connectivity index (χ1v) is 9.00. The summed E-state index contributed by atoms with van der Waals surface area (Å²) < 4.78 is 5.52. The van der Waals surface area contributed by atoms with E-state index in [0.717, 1.165) is 18.9 Å². The minimum Gasteiger partial charge on any atom is -0.420 e. The molecule has 0 fully saturated rings. The first kappa shape index (κ1) is 13.4. The highest BCUT2D eigenvalue weighted by atomic mass is 28.4. The molecule has 1 atom stereocenters. The molecule has 0 saturated heterocycles. The van der Waals surface area contributed by atoms with Crippen LogP contribution in [0.25, 0.3) is 0 Å². The zero-order chi connectivity index (χ0) is 12.0. The van der Waals surface area contributed by atoms with Crippen LogP contribution in [0.1, 0.15) is 12.0 Å². The van der Waals surface area contributed by atoms with Gasteiger partial charge in [0.05, 0.1) is 0 Å². The van der Waals surface area contributed by atoms with Crippen LogP contribution in [0.3, 0.4) is 0 Å². The first-order chi connectivity index (χ1) is 7.53. The smallest absolute Gasteiger partial charge is 0.186 e. The Morgan fingerprint density at radius 3 is 2.44 bits per heavy atom. The van der Waals surface area contributed by atoms with Crippen LogP contribution >= 0.6 is 0 Å². The molecule has 2 N–H and O–H groups in total. The van der Waals surface area contributed by atoms with Crippen LogP contribution in [0.4, 0.5) is 0 Å². The third-order valence-electron chi connectivity index (χ3n) is 3.01. The van der Waals surface area contributed by atoms with Gasteiger partial charge < -0.3 is 10.2 Å². The van der Waals surface area contributed by atoms with Crippen LogP contribution in [0.5, 0.6) is 0 Å². The maximum Gasteiger partial charge on any atom is 0.186 e. The molecule has 0 spiro atoms. The van der Waals surface area contributed by atoms with Crippen molar-refractivity contribution in [2.24, 2.45) is 5.73 Å². The van der Waals surface area contributed by atoms with E-state index in [-0.39, 0.29) is 6.04 Å². The molecule has 0 aliphatic heterocycles. The lowest BCUT2D eigenvalue weighted by Gasteiger charge is -2.22. The second-order valence-corrected chi connectivity index (χ2v) is 9.38. The van der Waals surface area contributed by atoms with E-state index in [0.29, 0.717) is 0 Å². The Balaban J connectivity index is 2.34. The highest BCUT2D eigenvalue weighted by molar-refractivity contribution is 6.71. The molecule has 0 amide bonds. The Morgan fingerprint density at radius 1 is 1.25 bits per heavy atom. The summed E-state index contributed by atoms with van der Waals surface area (Å²) in [6, 6.07) is 11.8. The normalized spacial score (nSPS) is 13.8. The van der Waals surface area contributed by atoms with Crippen molar-refractivity contribution >= 4 is 8.32 Å². The molecule has 90 valence electrons. The number of benzene rings is 1.